The van der Waals surface area contributed by atoms with Gasteiger partial charge in [-0.05, 0) is 43.4 Å². The molecule has 0 amide bonds. The number of nitrogens with one attached hydrogen (secondary N) is 1. The zero-order valence-corrected chi connectivity index (χ0v) is 11.5. The highest BCUT2D eigenvalue weighted by Gasteiger charge is 2.20. The Labute approximate surface area is 119 Å². The molecule has 1 aliphatic carbocycles. The van der Waals surface area contributed by atoms with Crippen molar-refractivity contribution in [3.8, 4) is 0 Å². The first-order valence-corrected chi connectivity index (χ1v) is 7.28. The number of fused-ring (bicyclic) bond motifs is 1. The van der Waals surface area contributed by atoms with Crippen LogP contribution in [0.3, 0.4) is 0 Å². The van der Waals surface area contributed by atoms with E-state index in [-0.39, 0.29) is 6.10 Å². The SMILES string of the molecule is Nc1ccc(NCC2CCCC(O)C2)c2cnccc12. The minimum absolute atomic E-state index is 0.125. The molecule has 1 saturated carbocycles. The van der Waals surface area contributed by atoms with E-state index < -0.39 is 0 Å². The van der Waals surface area contributed by atoms with Crippen LogP contribution in [0.4, 0.5) is 11.4 Å². The summed E-state index contributed by atoms with van der Waals surface area (Å²) in [7, 11) is 0. The largest absolute Gasteiger partial charge is 0.398 e. The van der Waals surface area contributed by atoms with Crippen molar-refractivity contribution in [2.75, 3.05) is 17.6 Å². The number of aromatic nitrogens is 1. The van der Waals surface area contributed by atoms with Gasteiger partial charge in [0.25, 0.3) is 0 Å². The van der Waals surface area contributed by atoms with Crippen LogP contribution >= 0.6 is 0 Å². The van der Waals surface area contributed by atoms with Crippen LogP contribution in [0.15, 0.2) is 30.6 Å². The minimum atomic E-state index is -0.125. The molecule has 0 bridgehead atoms. The van der Waals surface area contributed by atoms with Crippen LogP contribution in [0.1, 0.15) is 25.7 Å². The first-order chi connectivity index (χ1) is 9.74. The molecule has 4 nitrogen and oxygen atoms in total. The van der Waals surface area contributed by atoms with Gasteiger partial charge in [0.2, 0.25) is 0 Å². The molecule has 1 aromatic carbocycles. The maximum atomic E-state index is 9.73. The van der Waals surface area contributed by atoms with Crippen LogP contribution < -0.4 is 11.1 Å². The van der Waals surface area contributed by atoms with Crippen LogP contribution in [-0.4, -0.2) is 22.7 Å². The summed E-state index contributed by atoms with van der Waals surface area (Å²) in [6.45, 7) is 0.894. The smallest absolute Gasteiger partial charge is 0.0543 e. The summed E-state index contributed by atoms with van der Waals surface area (Å²) in [6.07, 6.45) is 7.65. The summed E-state index contributed by atoms with van der Waals surface area (Å²) in [5, 5.41) is 15.3. The highest BCUT2D eigenvalue weighted by molar-refractivity contribution is 6.00. The normalized spacial score (nSPS) is 22.9. The van der Waals surface area contributed by atoms with E-state index >= 15 is 0 Å². The lowest BCUT2D eigenvalue weighted by atomic mass is 9.87. The standard InChI is InChI=1S/C16H21N3O/c17-15-4-5-16(14-10-18-7-6-13(14)15)19-9-11-2-1-3-12(20)8-11/h4-7,10-12,19-20H,1-3,8-9,17H2. The molecule has 3 rings (SSSR count). The van der Waals surface area contributed by atoms with Crippen LogP contribution in [0.2, 0.25) is 0 Å². The Morgan fingerprint density at radius 2 is 2.15 bits per heavy atom. The number of pyridine rings is 1. The van der Waals surface area contributed by atoms with Crippen molar-refractivity contribution >= 4 is 22.1 Å². The van der Waals surface area contributed by atoms with E-state index in [2.05, 4.69) is 10.3 Å². The topological polar surface area (TPSA) is 71.2 Å². The van der Waals surface area contributed by atoms with Crippen molar-refractivity contribution in [2.45, 2.75) is 31.8 Å². The number of anilines is 2. The maximum Gasteiger partial charge on any atom is 0.0543 e. The van der Waals surface area contributed by atoms with Gasteiger partial charge in [-0.1, -0.05) is 6.42 Å². The van der Waals surface area contributed by atoms with Gasteiger partial charge in [0.15, 0.2) is 0 Å². The second-order valence-corrected chi connectivity index (χ2v) is 5.69. The fourth-order valence-corrected chi connectivity index (χ4v) is 3.07. The van der Waals surface area contributed by atoms with Gasteiger partial charge >= 0.3 is 0 Å². The van der Waals surface area contributed by atoms with Crippen molar-refractivity contribution in [1.29, 1.82) is 0 Å². The van der Waals surface area contributed by atoms with E-state index in [0.29, 0.717) is 5.92 Å². The Bertz CT molecular complexity index is 599. The average molecular weight is 271 g/mol. The second-order valence-electron chi connectivity index (χ2n) is 5.69. The van der Waals surface area contributed by atoms with Gasteiger partial charge in [-0.2, -0.15) is 0 Å². The molecule has 106 valence electrons. The molecular formula is C16H21N3O. The summed E-state index contributed by atoms with van der Waals surface area (Å²) in [5.41, 5.74) is 7.84. The third kappa shape index (κ3) is 2.70. The molecule has 4 heteroatoms. The predicted octanol–water partition coefficient (Wildman–Crippen LogP) is 2.78. The predicted molar refractivity (Wildman–Crippen MR) is 82.6 cm³/mol. The second kappa shape index (κ2) is 5.67. The minimum Gasteiger partial charge on any atom is -0.398 e. The van der Waals surface area contributed by atoms with Gasteiger partial charge in [-0.15, -0.1) is 0 Å². The molecule has 1 fully saturated rings. The van der Waals surface area contributed by atoms with Crippen molar-refractivity contribution in [1.82, 2.24) is 4.98 Å². The lowest BCUT2D eigenvalue weighted by Crippen LogP contribution is -2.25. The summed E-state index contributed by atoms with van der Waals surface area (Å²) in [5.74, 6) is 0.544. The van der Waals surface area contributed by atoms with E-state index in [4.69, 9.17) is 5.73 Å². The fourth-order valence-electron chi connectivity index (χ4n) is 3.07. The quantitative estimate of drug-likeness (QED) is 0.751. The van der Waals surface area contributed by atoms with E-state index in [0.717, 1.165) is 48.0 Å². The lowest BCUT2D eigenvalue weighted by molar-refractivity contribution is 0.105. The molecule has 1 aliphatic rings. The summed E-state index contributed by atoms with van der Waals surface area (Å²) >= 11 is 0. The first-order valence-electron chi connectivity index (χ1n) is 7.28. The van der Waals surface area contributed by atoms with E-state index in [1.54, 1.807) is 6.20 Å². The monoisotopic (exact) mass is 271 g/mol. The number of hydrogen-bond donors (Lipinski definition) is 3. The van der Waals surface area contributed by atoms with Crippen LogP contribution in [0, 0.1) is 5.92 Å². The summed E-state index contributed by atoms with van der Waals surface area (Å²) in [6, 6.07) is 5.89. The summed E-state index contributed by atoms with van der Waals surface area (Å²) < 4.78 is 0. The van der Waals surface area contributed by atoms with E-state index in [1.165, 1.54) is 6.42 Å². The summed E-state index contributed by atoms with van der Waals surface area (Å²) in [4.78, 5) is 4.19. The van der Waals surface area contributed by atoms with Gasteiger partial charge < -0.3 is 16.2 Å². The molecule has 0 radical (unpaired) electrons. The number of nitrogen functional groups attached to an aromatic ring is 1. The van der Waals surface area contributed by atoms with E-state index in [9.17, 15) is 5.11 Å². The first kappa shape index (κ1) is 13.2. The number of hydrogen-bond acceptors (Lipinski definition) is 4. The Hall–Kier alpha value is -1.81. The van der Waals surface area contributed by atoms with Gasteiger partial charge in [0.1, 0.15) is 0 Å². The third-order valence-electron chi connectivity index (χ3n) is 4.19. The number of aliphatic hydroxyl groups excluding tert-OH is 1. The third-order valence-corrected chi connectivity index (χ3v) is 4.19. The van der Waals surface area contributed by atoms with Crippen molar-refractivity contribution in [2.24, 2.45) is 5.92 Å². The Kier molecular flexibility index (Phi) is 3.74. The zero-order chi connectivity index (χ0) is 13.9. The molecule has 1 heterocycles. The van der Waals surface area contributed by atoms with Crippen molar-refractivity contribution in [3.63, 3.8) is 0 Å². The van der Waals surface area contributed by atoms with Crippen molar-refractivity contribution < 1.29 is 5.11 Å². The highest BCUT2D eigenvalue weighted by atomic mass is 16.3. The molecular weight excluding hydrogens is 250 g/mol. The van der Waals surface area contributed by atoms with Crippen molar-refractivity contribution in [3.05, 3.63) is 30.6 Å². The number of nitrogens with two attached hydrogens (primary N) is 1. The Balaban J connectivity index is 1.76. The van der Waals surface area contributed by atoms with Gasteiger partial charge in [-0.3, -0.25) is 4.98 Å². The highest BCUT2D eigenvalue weighted by Crippen LogP contribution is 2.29. The zero-order valence-electron chi connectivity index (χ0n) is 11.5. The maximum absolute atomic E-state index is 9.73. The molecule has 0 aliphatic heterocycles. The number of aliphatic hydroxyl groups is 1. The van der Waals surface area contributed by atoms with E-state index in [1.807, 2.05) is 24.4 Å². The molecule has 2 aromatic rings. The van der Waals surface area contributed by atoms with Gasteiger partial charge in [0, 0.05) is 41.1 Å². The molecule has 2 atom stereocenters. The number of nitrogens with zero attached hydrogens (tertiary/aromatic N) is 1. The Morgan fingerprint density at radius 3 is 3.00 bits per heavy atom. The van der Waals surface area contributed by atoms with Gasteiger partial charge in [0.05, 0.1) is 6.10 Å². The van der Waals surface area contributed by atoms with Crippen LogP contribution in [0.25, 0.3) is 10.8 Å². The number of rotatable bonds is 3. The average Bonchev–Trinajstić information content (AvgIpc) is 2.47. The van der Waals surface area contributed by atoms with Crippen LogP contribution in [0.5, 0.6) is 0 Å². The Morgan fingerprint density at radius 1 is 1.25 bits per heavy atom. The van der Waals surface area contributed by atoms with Gasteiger partial charge in [-0.25, -0.2) is 0 Å². The fraction of sp³-hybridized carbons (Fsp3) is 0.438. The van der Waals surface area contributed by atoms with Crippen LogP contribution in [-0.2, 0) is 0 Å². The molecule has 1 aromatic heterocycles. The number of benzene rings is 1. The lowest BCUT2D eigenvalue weighted by Gasteiger charge is -2.26. The molecule has 0 spiro atoms. The molecule has 4 N–H and O–H groups in total. The molecule has 20 heavy (non-hydrogen) atoms. The molecule has 0 saturated heterocycles. The molecule has 2 unspecified atom stereocenters.